The number of rotatable bonds is 6. The Kier molecular flexibility index (Phi) is 5.71. The van der Waals surface area contributed by atoms with Crippen LogP contribution in [0.2, 0.25) is 0 Å². The highest BCUT2D eigenvalue weighted by atomic mass is 14.3. The van der Waals surface area contributed by atoms with Crippen LogP contribution >= 0.6 is 0 Å². The molecule has 1 rings (SSSR count). The Labute approximate surface area is 96.8 Å². The van der Waals surface area contributed by atoms with Gasteiger partial charge in [-0.1, -0.05) is 58.8 Å². The Morgan fingerprint density at radius 1 is 1.00 bits per heavy atom. The maximum atomic E-state index is 4.46. The van der Waals surface area contributed by atoms with Gasteiger partial charge in [-0.3, -0.25) is 0 Å². The van der Waals surface area contributed by atoms with E-state index in [0.29, 0.717) is 5.41 Å². The molecule has 0 heterocycles. The largest absolute Gasteiger partial charge is 0.0628 e. The highest BCUT2D eigenvalue weighted by Gasteiger charge is 2.25. The Balaban J connectivity index is 2.03. The predicted molar refractivity (Wildman–Crippen MR) is 68.8 cm³/mol. The summed E-state index contributed by atoms with van der Waals surface area (Å²) in [6.45, 7) is 9.11. The van der Waals surface area contributed by atoms with Gasteiger partial charge >= 0.3 is 0 Å². The normalized spacial score (nSPS) is 20.8. The smallest absolute Gasteiger partial charge is 0.0297 e. The van der Waals surface area contributed by atoms with Crippen LogP contribution in [0.15, 0.2) is 0 Å². The molecule has 1 fully saturated rings. The van der Waals surface area contributed by atoms with E-state index in [1.54, 1.807) is 0 Å². The lowest BCUT2D eigenvalue weighted by atomic mass is 9.72. The van der Waals surface area contributed by atoms with E-state index < -0.39 is 0 Å². The molecule has 15 heavy (non-hydrogen) atoms. The fraction of sp³-hybridized carbons (Fsp3) is 0.933. The van der Waals surface area contributed by atoms with Crippen molar-refractivity contribution in [2.24, 2.45) is 11.3 Å². The summed E-state index contributed by atoms with van der Waals surface area (Å²) in [4.78, 5) is 0. The van der Waals surface area contributed by atoms with E-state index >= 15 is 0 Å². The van der Waals surface area contributed by atoms with Crippen LogP contribution in [0.4, 0.5) is 0 Å². The molecule has 0 aromatic heterocycles. The minimum Gasteiger partial charge on any atom is -0.0628 e. The van der Waals surface area contributed by atoms with Crippen LogP contribution in [0.5, 0.6) is 0 Å². The average Bonchev–Trinajstić information content (AvgIpc) is 2.17. The molecule has 0 saturated heterocycles. The lowest BCUT2D eigenvalue weighted by Gasteiger charge is -2.33. The van der Waals surface area contributed by atoms with Crippen molar-refractivity contribution in [3.63, 3.8) is 0 Å². The first-order valence-corrected chi connectivity index (χ1v) is 6.98. The molecule has 0 bridgehead atoms. The summed E-state index contributed by atoms with van der Waals surface area (Å²) < 4.78 is 0. The van der Waals surface area contributed by atoms with Crippen LogP contribution in [0.1, 0.15) is 78.1 Å². The summed E-state index contributed by atoms with van der Waals surface area (Å²) in [6.07, 6.45) is 14.1. The summed E-state index contributed by atoms with van der Waals surface area (Å²) in [5, 5.41) is 0. The molecule has 0 heteroatoms. The van der Waals surface area contributed by atoms with Gasteiger partial charge in [0.2, 0.25) is 0 Å². The summed E-state index contributed by atoms with van der Waals surface area (Å²) >= 11 is 0. The summed E-state index contributed by atoms with van der Waals surface area (Å²) in [7, 11) is 0. The molecular formula is C15H29. The lowest BCUT2D eigenvalue weighted by Crippen LogP contribution is -2.20. The molecule has 1 aliphatic rings. The molecule has 0 aliphatic heterocycles. The molecule has 0 amide bonds. The second kappa shape index (κ2) is 6.55. The van der Waals surface area contributed by atoms with E-state index in [0.717, 1.165) is 5.92 Å². The maximum Gasteiger partial charge on any atom is -0.0297 e. The monoisotopic (exact) mass is 209 g/mol. The van der Waals surface area contributed by atoms with E-state index in [4.69, 9.17) is 0 Å². The Hall–Kier alpha value is 0. The highest BCUT2D eigenvalue weighted by molar-refractivity contribution is 4.84. The fourth-order valence-corrected chi connectivity index (χ4v) is 2.78. The first-order chi connectivity index (χ1) is 7.12. The molecule has 0 unspecified atom stereocenters. The van der Waals surface area contributed by atoms with Gasteiger partial charge in [0.25, 0.3) is 0 Å². The third-order valence-electron chi connectivity index (χ3n) is 3.90. The van der Waals surface area contributed by atoms with E-state index in [-0.39, 0.29) is 0 Å². The van der Waals surface area contributed by atoms with E-state index in [1.807, 2.05) is 0 Å². The van der Waals surface area contributed by atoms with Crippen LogP contribution in [-0.2, 0) is 0 Å². The third-order valence-corrected chi connectivity index (χ3v) is 3.90. The quantitative estimate of drug-likeness (QED) is 0.515. The minimum atomic E-state index is 0.468. The second-order valence-corrected chi connectivity index (χ2v) is 6.05. The zero-order valence-corrected chi connectivity index (χ0v) is 10.9. The van der Waals surface area contributed by atoms with Crippen LogP contribution in [-0.4, -0.2) is 0 Å². The molecule has 0 aromatic rings. The van der Waals surface area contributed by atoms with Gasteiger partial charge < -0.3 is 0 Å². The van der Waals surface area contributed by atoms with Crippen molar-refractivity contribution < 1.29 is 0 Å². The summed E-state index contributed by atoms with van der Waals surface area (Å²) in [5.41, 5.74) is 0.468. The number of hydrogen-bond donors (Lipinski definition) is 0. The van der Waals surface area contributed by atoms with E-state index in [2.05, 4.69) is 20.8 Å². The van der Waals surface area contributed by atoms with Gasteiger partial charge in [0.15, 0.2) is 0 Å². The Bertz CT molecular complexity index is 151. The molecule has 1 radical (unpaired) electrons. The van der Waals surface area contributed by atoms with Crippen LogP contribution in [0.25, 0.3) is 0 Å². The standard InChI is InChI=1S/C15H29/c1-14(2)10-6-4-7-11-15(3)12-8-5-9-13-15/h14H,3-13H2,1-2H3. The topological polar surface area (TPSA) is 0 Å². The van der Waals surface area contributed by atoms with Crippen molar-refractivity contribution in [1.29, 1.82) is 0 Å². The van der Waals surface area contributed by atoms with E-state index in [1.165, 1.54) is 64.2 Å². The second-order valence-electron chi connectivity index (χ2n) is 6.05. The van der Waals surface area contributed by atoms with Gasteiger partial charge in [-0.25, -0.2) is 0 Å². The molecule has 0 atom stereocenters. The van der Waals surface area contributed by atoms with Gasteiger partial charge in [-0.15, -0.1) is 0 Å². The van der Waals surface area contributed by atoms with Gasteiger partial charge in [0, 0.05) is 0 Å². The van der Waals surface area contributed by atoms with Crippen molar-refractivity contribution >= 4 is 0 Å². The number of unbranched alkanes of at least 4 members (excludes halogenated alkanes) is 2. The van der Waals surface area contributed by atoms with Crippen molar-refractivity contribution in [3.05, 3.63) is 6.92 Å². The van der Waals surface area contributed by atoms with Crippen LogP contribution < -0.4 is 0 Å². The zero-order chi connectivity index (χ0) is 11.1. The first kappa shape index (κ1) is 13.1. The average molecular weight is 209 g/mol. The summed E-state index contributed by atoms with van der Waals surface area (Å²) in [5.74, 6) is 0.883. The molecule has 0 aromatic carbocycles. The van der Waals surface area contributed by atoms with E-state index in [9.17, 15) is 0 Å². The third kappa shape index (κ3) is 5.58. The molecule has 0 nitrogen and oxygen atoms in total. The van der Waals surface area contributed by atoms with Crippen LogP contribution in [0, 0.1) is 18.3 Å². The molecule has 0 N–H and O–H groups in total. The Morgan fingerprint density at radius 3 is 2.27 bits per heavy atom. The van der Waals surface area contributed by atoms with Crippen molar-refractivity contribution in [3.8, 4) is 0 Å². The molecular weight excluding hydrogens is 180 g/mol. The highest BCUT2D eigenvalue weighted by Crippen LogP contribution is 2.39. The zero-order valence-electron chi connectivity index (χ0n) is 10.9. The van der Waals surface area contributed by atoms with Gasteiger partial charge in [-0.2, -0.15) is 0 Å². The molecule has 89 valence electrons. The summed E-state index contributed by atoms with van der Waals surface area (Å²) in [6, 6.07) is 0. The lowest BCUT2D eigenvalue weighted by molar-refractivity contribution is 0.227. The van der Waals surface area contributed by atoms with Gasteiger partial charge in [-0.05, 0) is 37.5 Å². The van der Waals surface area contributed by atoms with Gasteiger partial charge in [0.1, 0.15) is 0 Å². The van der Waals surface area contributed by atoms with Crippen LogP contribution in [0.3, 0.4) is 0 Å². The van der Waals surface area contributed by atoms with Crippen molar-refractivity contribution in [1.82, 2.24) is 0 Å². The van der Waals surface area contributed by atoms with Crippen molar-refractivity contribution in [2.45, 2.75) is 78.1 Å². The number of hydrogen-bond acceptors (Lipinski definition) is 0. The molecule has 0 spiro atoms. The SMILES string of the molecule is [CH2]C1(CCCCCC(C)C)CCCCC1. The maximum absolute atomic E-state index is 4.46. The molecule has 1 aliphatic carbocycles. The van der Waals surface area contributed by atoms with Crippen molar-refractivity contribution in [2.75, 3.05) is 0 Å². The fourth-order valence-electron chi connectivity index (χ4n) is 2.78. The predicted octanol–water partition coefficient (Wildman–Crippen LogP) is 5.38. The van der Waals surface area contributed by atoms with Gasteiger partial charge in [0.05, 0.1) is 0 Å². The first-order valence-electron chi connectivity index (χ1n) is 6.98. The molecule has 1 saturated carbocycles. The Morgan fingerprint density at radius 2 is 1.67 bits per heavy atom. The minimum absolute atomic E-state index is 0.468.